The molecule has 1 aliphatic rings. The number of amides is 4. The zero-order valence-corrected chi connectivity index (χ0v) is 23.9. The number of carbonyl (C=O) groups is 4. The number of likely N-dealkylation sites (tertiary alicyclic amines) is 1. The van der Waals surface area contributed by atoms with E-state index < -0.39 is 35.5 Å². The number of ether oxygens (including phenoxy) is 1. The number of hydrogen-bond donors (Lipinski definition) is 3. The third-order valence-electron chi connectivity index (χ3n) is 6.28. The summed E-state index contributed by atoms with van der Waals surface area (Å²) in [6.45, 7) is 13.0. The Bertz CT molecular complexity index is 1000. The molecule has 1 saturated heterocycles. The number of aliphatic hydroxyl groups is 1. The predicted octanol–water partition coefficient (Wildman–Crippen LogP) is 1.95. The monoisotopic (exact) mass is 532 g/mol. The maximum atomic E-state index is 13.7. The normalized spacial score (nSPS) is 18.3. The fourth-order valence-corrected chi connectivity index (χ4v) is 4.29. The highest BCUT2D eigenvalue weighted by atomic mass is 16.5. The second-order valence-electron chi connectivity index (χ2n) is 11.7. The molecule has 0 bridgehead atoms. The minimum Gasteiger partial charge on any atom is -0.483 e. The highest BCUT2D eigenvalue weighted by Crippen LogP contribution is 2.24. The van der Waals surface area contributed by atoms with Gasteiger partial charge in [0.25, 0.3) is 11.8 Å². The van der Waals surface area contributed by atoms with Gasteiger partial charge in [-0.2, -0.15) is 0 Å². The van der Waals surface area contributed by atoms with Crippen molar-refractivity contribution >= 4 is 23.6 Å². The molecule has 212 valence electrons. The Morgan fingerprint density at radius 3 is 2.34 bits per heavy atom. The van der Waals surface area contributed by atoms with Crippen LogP contribution in [0, 0.1) is 5.92 Å². The summed E-state index contributed by atoms with van der Waals surface area (Å²) in [5.41, 5.74) is -0.236. The van der Waals surface area contributed by atoms with Gasteiger partial charge in [0.1, 0.15) is 17.8 Å². The van der Waals surface area contributed by atoms with Crippen LogP contribution in [0.25, 0.3) is 0 Å². The molecule has 0 saturated carbocycles. The van der Waals surface area contributed by atoms with Gasteiger partial charge in [-0.05, 0) is 59.1 Å². The molecule has 0 aliphatic carbocycles. The van der Waals surface area contributed by atoms with E-state index in [2.05, 4.69) is 10.6 Å². The topological polar surface area (TPSA) is 128 Å². The fourth-order valence-electron chi connectivity index (χ4n) is 4.29. The van der Waals surface area contributed by atoms with Gasteiger partial charge in [0, 0.05) is 31.6 Å². The average Bonchev–Trinajstić information content (AvgIpc) is 3.21. The van der Waals surface area contributed by atoms with Crippen molar-refractivity contribution in [3.8, 4) is 5.75 Å². The Morgan fingerprint density at radius 2 is 1.76 bits per heavy atom. The van der Waals surface area contributed by atoms with Crippen molar-refractivity contribution in [2.45, 2.75) is 91.1 Å². The lowest BCUT2D eigenvalue weighted by molar-refractivity contribution is -0.145. The van der Waals surface area contributed by atoms with Crippen LogP contribution >= 0.6 is 0 Å². The molecular formula is C28H44N4O6. The van der Waals surface area contributed by atoms with E-state index in [1.54, 1.807) is 36.2 Å². The van der Waals surface area contributed by atoms with E-state index in [1.807, 2.05) is 48.5 Å². The van der Waals surface area contributed by atoms with Crippen molar-refractivity contribution in [3.05, 3.63) is 29.8 Å². The van der Waals surface area contributed by atoms with Crippen molar-refractivity contribution < 1.29 is 29.0 Å². The molecule has 1 aromatic rings. The number of hydrogen-bond acceptors (Lipinski definition) is 6. The molecule has 0 radical (unpaired) electrons. The Hall–Kier alpha value is -3.14. The van der Waals surface area contributed by atoms with Crippen molar-refractivity contribution in [1.82, 2.24) is 20.4 Å². The first-order valence-corrected chi connectivity index (χ1v) is 13.2. The second-order valence-corrected chi connectivity index (χ2v) is 11.7. The lowest BCUT2D eigenvalue weighted by Gasteiger charge is -2.32. The van der Waals surface area contributed by atoms with Crippen molar-refractivity contribution in [2.75, 3.05) is 20.2 Å². The van der Waals surface area contributed by atoms with Gasteiger partial charge in [0.2, 0.25) is 11.8 Å². The molecule has 1 fully saturated rings. The van der Waals surface area contributed by atoms with Gasteiger partial charge in [-0.1, -0.05) is 26.0 Å². The van der Waals surface area contributed by atoms with E-state index >= 15 is 0 Å². The van der Waals surface area contributed by atoms with Crippen LogP contribution in [0.3, 0.4) is 0 Å². The molecule has 10 heteroatoms. The van der Waals surface area contributed by atoms with E-state index in [1.165, 1.54) is 4.90 Å². The molecule has 2 rings (SSSR count). The molecule has 3 atom stereocenters. The van der Waals surface area contributed by atoms with Crippen molar-refractivity contribution in [1.29, 1.82) is 0 Å². The van der Waals surface area contributed by atoms with Gasteiger partial charge in [-0.25, -0.2) is 0 Å². The van der Waals surface area contributed by atoms with E-state index in [4.69, 9.17) is 4.74 Å². The van der Waals surface area contributed by atoms with Crippen LogP contribution < -0.4 is 15.4 Å². The number of nitrogens with one attached hydrogen (secondary N) is 2. The average molecular weight is 533 g/mol. The third-order valence-corrected chi connectivity index (χ3v) is 6.28. The summed E-state index contributed by atoms with van der Waals surface area (Å²) in [5, 5.41) is 15.9. The van der Waals surface area contributed by atoms with Gasteiger partial charge in [-0.15, -0.1) is 0 Å². The van der Waals surface area contributed by atoms with E-state index in [0.29, 0.717) is 6.42 Å². The van der Waals surface area contributed by atoms with Gasteiger partial charge in [0.15, 0.2) is 6.61 Å². The van der Waals surface area contributed by atoms with E-state index in [-0.39, 0.29) is 54.7 Å². The number of carbonyl (C=O) groups excluding carboxylic acids is 4. The van der Waals surface area contributed by atoms with Gasteiger partial charge in [-0.3, -0.25) is 19.2 Å². The number of nitrogens with zero attached hydrogens (tertiary/aromatic N) is 2. The van der Waals surface area contributed by atoms with Crippen molar-refractivity contribution in [3.63, 3.8) is 0 Å². The Kier molecular flexibility index (Phi) is 10.7. The molecule has 38 heavy (non-hydrogen) atoms. The molecule has 1 aromatic carbocycles. The predicted molar refractivity (Wildman–Crippen MR) is 145 cm³/mol. The number of benzene rings is 1. The lowest BCUT2D eigenvalue weighted by atomic mass is 10.0. The Morgan fingerprint density at radius 1 is 1.13 bits per heavy atom. The van der Waals surface area contributed by atoms with Crippen molar-refractivity contribution in [2.24, 2.45) is 5.92 Å². The summed E-state index contributed by atoms with van der Waals surface area (Å²) >= 11 is 0. The Balaban J connectivity index is 2.23. The Labute approximate surface area is 226 Å². The van der Waals surface area contributed by atoms with Gasteiger partial charge in [0.05, 0.1) is 11.7 Å². The number of aliphatic hydroxyl groups excluding tert-OH is 1. The zero-order chi connectivity index (χ0) is 28.8. The molecule has 0 unspecified atom stereocenters. The molecule has 0 spiro atoms. The maximum Gasteiger partial charge on any atom is 0.258 e. The summed E-state index contributed by atoms with van der Waals surface area (Å²) in [4.78, 5) is 55.3. The van der Waals surface area contributed by atoms with Gasteiger partial charge < -0.3 is 30.3 Å². The fraction of sp³-hybridized carbons (Fsp3) is 0.643. The zero-order valence-electron chi connectivity index (χ0n) is 23.9. The lowest BCUT2D eigenvalue weighted by Crippen LogP contribution is -2.54. The molecule has 3 N–H and O–H groups in total. The largest absolute Gasteiger partial charge is 0.483 e. The number of β-amino-alcohol motifs (C(OH)–C–C–N with tert-alkyl or cyclic N) is 1. The SMILES string of the molecule is CC(C)C[C@@H](NC(=O)c1ccccc1OCC(=O)NC(C)(C)C)C(=O)N1C[C@H](O)C[C@H]1C(=O)N(C)C(C)C. The number of para-hydroxylation sites is 1. The first-order valence-electron chi connectivity index (χ1n) is 13.2. The first kappa shape index (κ1) is 31.1. The standard InChI is InChI=1S/C28H44N4O6/c1-17(2)13-21(26(36)32-15-19(33)14-22(32)27(37)31(8)18(3)4)29-25(35)20-11-9-10-12-23(20)38-16-24(34)30-28(5,6)7/h9-12,17-19,21-22,33H,13-16H2,1-8H3,(H,29,35)(H,30,34)/t19-,21-,22+/m1/s1. The molecule has 1 heterocycles. The van der Waals surface area contributed by atoms with Crippen LogP contribution in [0.2, 0.25) is 0 Å². The third kappa shape index (κ3) is 8.72. The van der Waals surface area contributed by atoms with Crippen LogP contribution in [0.15, 0.2) is 24.3 Å². The molecule has 0 aromatic heterocycles. The quantitative estimate of drug-likeness (QED) is 0.423. The van der Waals surface area contributed by atoms with Crippen LogP contribution in [0.1, 0.15) is 71.7 Å². The minimum atomic E-state index is -0.912. The van der Waals surface area contributed by atoms with Crippen LogP contribution in [0.4, 0.5) is 0 Å². The highest BCUT2D eigenvalue weighted by Gasteiger charge is 2.43. The highest BCUT2D eigenvalue weighted by molar-refractivity contribution is 6.00. The summed E-state index contributed by atoms with van der Waals surface area (Å²) < 4.78 is 5.65. The van der Waals surface area contributed by atoms with Gasteiger partial charge >= 0.3 is 0 Å². The molecular weight excluding hydrogens is 488 g/mol. The summed E-state index contributed by atoms with van der Waals surface area (Å²) in [6.07, 6.45) is -0.330. The second kappa shape index (κ2) is 13.1. The van der Waals surface area contributed by atoms with Crippen LogP contribution in [-0.2, 0) is 14.4 Å². The van der Waals surface area contributed by atoms with E-state index in [9.17, 15) is 24.3 Å². The molecule has 10 nitrogen and oxygen atoms in total. The molecule has 1 aliphatic heterocycles. The first-order chi connectivity index (χ1) is 17.6. The van der Waals surface area contributed by atoms with Crippen LogP contribution in [-0.4, -0.2) is 88.5 Å². The summed E-state index contributed by atoms with van der Waals surface area (Å²) in [6, 6.07) is 4.74. The minimum absolute atomic E-state index is 0.0221. The number of likely N-dealkylation sites (N-methyl/N-ethyl adjacent to an activating group) is 1. The smallest absolute Gasteiger partial charge is 0.258 e. The molecule has 4 amide bonds. The van der Waals surface area contributed by atoms with E-state index in [0.717, 1.165) is 0 Å². The summed E-state index contributed by atoms with van der Waals surface area (Å²) in [7, 11) is 1.67. The van der Waals surface area contributed by atoms with Crippen LogP contribution in [0.5, 0.6) is 5.75 Å². The maximum absolute atomic E-state index is 13.7. The summed E-state index contributed by atoms with van der Waals surface area (Å²) in [5.74, 6) is -1.23. The number of rotatable bonds is 10.